The third-order valence-electron chi connectivity index (χ3n) is 7.71. The molecular formula is C32H43ClN2O4. The molecule has 0 radical (unpaired) electrons. The van der Waals surface area contributed by atoms with Crippen molar-refractivity contribution in [1.82, 2.24) is 4.90 Å². The largest absolute Gasteiger partial charge is 0.506 e. The number of nitrogens with zero attached hydrogens (tertiary/aromatic N) is 2. The molecule has 212 valence electrons. The molecule has 1 amide bonds. The number of hydrogen-bond donors (Lipinski definition) is 1. The van der Waals surface area contributed by atoms with Gasteiger partial charge in [0, 0.05) is 31.5 Å². The lowest BCUT2D eigenvalue weighted by molar-refractivity contribution is -0.137. The lowest BCUT2D eigenvalue weighted by Crippen LogP contribution is -2.37. The molecule has 4 rings (SSSR count). The van der Waals surface area contributed by atoms with Crippen molar-refractivity contribution in [1.29, 1.82) is 0 Å². The molecule has 3 aliphatic rings. The summed E-state index contributed by atoms with van der Waals surface area (Å²) < 4.78 is 6.50. The van der Waals surface area contributed by atoms with Crippen molar-refractivity contribution in [3.05, 3.63) is 58.7 Å². The first kappa shape index (κ1) is 29.3. The Labute approximate surface area is 238 Å². The maximum Gasteiger partial charge on any atom is 0.263 e. The van der Waals surface area contributed by atoms with E-state index in [1.54, 1.807) is 6.07 Å². The van der Waals surface area contributed by atoms with Gasteiger partial charge in [0.1, 0.15) is 17.6 Å². The van der Waals surface area contributed by atoms with E-state index in [1.165, 1.54) is 0 Å². The number of allylic oxidation sites excluding steroid dienone is 3. The standard InChI is InChI=1S/C32H43ClN2O4/c1-4-10-26-14-9-12-22(2)11-8-13-25(34-38-21-30(37)35-17-6-5-7-18-35)19-28-31(23(3)39-26)27(24-15-16-24)20-29(36)32(28)33/h8-9,12-13,20,22,24,26,36H,3-7,10-11,14-19,21H2,1-2H3/b12-9+,13-8+,34-25-. The van der Waals surface area contributed by atoms with Crippen molar-refractivity contribution in [3.63, 3.8) is 0 Å². The number of likely N-dealkylation sites (tertiary alicyclic amines) is 1. The van der Waals surface area contributed by atoms with Crippen molar-refractivity contribution in [2.75, 3.05) is 19.7 Å². The van der Waals surface area contributed by atoms with E-state index in [9.17, 15) is 9.90 Å². The van der Waals surface area contributed by atoms with Gasteiger partial charge in [0.05, 0.1) is 10.7 Å². The van der Waals surface area contributed by atoms with Gasteiger partial charge in [-0.3, -0.25) is 4.79 Å². The molecule has 39 heavy (non-hydrogen) atoms. The highest BCUT2D eigenvalue weighted by Gasteiger charge is 2.32. The molecule has 1 aromatic carbocycles. The van der Waals surface area contributed by atoms with Crippen LogP contribution in [0.4, 0.5) is 0 Å². The molecule has 2 heterocycles. The maximum atomic E-state index is 12.6. The molecule has 2 fully saturated rings. The van der Waals surface area contributed by atoms with Crippen LogP contribution in [0.1, 0.15) is 94.2 Å². The summed E-state index contributed by atoms with van der Waals surface area (Å²) in [5.74, 6) is 1.28. The molecule has 1 saturated carbocycles. The van der Waals surface area contributed by atoms with Crippen molar-refractivity contribution in [3.8, 4) is 5.75 Å². The number of halogens is 1. The molecule has 1 saturated heterocycles. The number of piperidine rings is 1. The van der Waals surface area contributed by atoms with Crippen LogP contribution < -0.4 is 0 Å². The number of fused-ring (bicyclic) bond motifs is 1. The van der Waals surface area contributed by atoms with Gasteiger partial charge in [-0.05, 0) is 80.1 Å². The summed E-state index contributed by atoms with van der Waals surface area (Å²) in [5.41, 5.74) is 3.24. The number of aromatic hydroxyl groups is 1. The van der Waals surface area contributed by atoms with Crippen LogP contribution in [0.3, 0.4) is 0 Å². The molecular weight excluding hydrogens is 512 g/mol. The molecule has 7 heteroatoms. The van der Waals surface area contributed by atoms with E-state index in [4.69, 9.17) is 21.2 Å². The number of benzene rings is 1. The van der Waals surface area contributed by atoms with E-state index < -0.39 is 0 Å². The van der Waals surface area contributed by atoms with E-state index in [1.807, 2.05) is 11.0 Å². The summed E-state index contributed by atoms with van der Waals surface area (Å²) in [6, 6.07) is 1.77. The van der Waals surface area contributed by atoms with E-state index >= 15 is 0 Å². The van der Waals surface area contributed by atoms with Crippen molar-refractivity contribution in [2.45, 2.75) is 90.1 Å². The predicted molar refractivity (Wildman–Crippen MR) is 158 cm³/mol. The number of hydrogen-bond acceptors (Lipinski definition) is 5. The highest BCUT2D eigenvalue weighted by Crippen LogP contribution is 2.48. The van der Waals surface area contributed by atoms with Crippen LogP contribution in [0.25, 0.3) is 5.76 Å². The molecule has 1 N–H and O–H groups in total. The molecule has 0 spiro atoms. The predicted octanol–water partition coefficient (Wildman–Crippen LogP) is 7.55. The highest BCUT2D eigenvalue weighted by molar-refractivity contribution is 6.33. The third kappa shape index (κ3) is 8.14. The zero-order chi connectivity index (χ0) is 27.8. The van der Waals surface area contributed by atoms with E-state index in [0.717, 1.165) is 87.6 Å². The second-order valence-electron chi connectivity index (χ2n) is 11.1. The van der Waals surface area contributed by atoms with Crippen LogP contribution in [0.5, 0.6) is 5.75 Å². The fourth-order valence-electron chi connectivity index (χ4n) is 5.41. The average molecular weight is 555 g/mol. The Hall–Kier alpha value is -2.73. The van der Waals surface area contributed by atoms with Gasteiger partial charge in [-0.15, -0.1) is 0 Å². The number of ether oxygens (including phenoxy) is 1. The number of carbonyl (C=O) groups excluding carboxylic acids is 1. The minimum atomic E-state index is -0.0983. The van der Waals surface area contributed by atoms with Gasteiger partial charge in [0.25, 0.3) is 5.91 Å². The minimum absolute atomic E-state index is 0.00850. The number of rotatable bonds is 6. The second kappa shape index (κ2) is 14.1. The molecule has 1 aliphatic carbocycles. The Morgan fingerprint density at radius 3 is 2.72 bits per heavy atom. The normalized spacial score (nSPS) is 25.4. The van der Waals surface area contributed by atoms with Crippen LogP contribution in [0, 0.1) is 5.92 Å². The fraction of sp³-hybridized carbons (Fsp3) is 0.562. The lowest BCUT2D eigenvalue weighted by Gasteiger charge is -2.26. The third-order valence-corrected chi connectivity index (χ3v) is 8.13. The van der Waals surface area contributed by atoms with Crippen LogP contribution in [0.2, 0.25) is 5.02 Å². The first-order chi connectivity index (χ1) is 18.9. The van der Waals surface area contributed by atoms with Crippen molar-refractivity contribution in [2.24, 2.45) is 11.1 Å². The van der Waals surface area contributed by atoms with Crippen molar-refractivity contribution >= 4 is 29.0 Å². The van der Waals surface area contributed by atoms with Crippen LogP contribution in [-0.2, 0) is 20.8 Å². The van der Waals surface area contributed by atoms with Gasteiger partial charge >= 0.3 is 0 Å². The molecule has 2 unspecified atom stereocenters. The summed E-state index contributed by atoms with van der Waals surface area (Å²) >= 11 is 6.76. The zero-order valence-electron chi connectivity index (χ0n) is 23.5. The first-order valence-corrected chi connectivity index (χ1v) is 14.9. The Kier molecular flexibility index (Phi) is 10.6. The van der Waals surface area contributed by atoms with E-state index in [-0.39, 0.29) is 29.4 Å². The summed E-state index contributed by atoms with van der Waals surface area (Å²) in [7, 11) is 0. The quantitative estimate of drug-likeness (QED) is 0.291. The highest BCUT2D eigenvalue weighted by atomic mass is 35.5. The molecule has 6 nitrogen and oxygen atoms in total. The topological polar surface area (TPSA) is 71.4 Å². The van der Waals surface area contributed by atoms with Gasteiger partial charge < -0.3 is 19.6 Å². The van der Waals surface area contributed by atoms with E-state index in [2.05, 4.69) is 43.8 Å². The summed E-state index contributed by atoms with van der Waals surface area (Å²) in [4.78, 5) is 20.1. The number of amides is 1. The molecule has 0 aromatic heterocycles. The molecule has 0 bridgehead atoms. The number of carbonyl (C=O) groups is 1. The van der Waals surface area contributed by atoms with Gasteiger partial charge in [-0.25, -0.2) is 0 Å². The fourth-order valence-corrected chi connectivity index (χ4v) is 5.62. The van der Waals surface area contributed by atoms with Crippen LogP contribution in [-0.4, -0.2) is 47.4 Å². The number of phenols is 1. The molecule has 1 aromatic rings. The minimum Gasteiger partial charge on any atom is -0.506 e. The Morgan fingerprint density at radius 2 is 2.00 bits per heavy atom. The zero-order valence-corrected chi connectivity index (χ0v) is 24.2. The number of phenolic OH excluding ortho intramolecular Hbond substituents is 1. The molecule has 2 aliphatic heterocycles. The van der Waals surface area contributed by atoms with Gasteiger partial charge in [0.2, 0.25) is 0 Å². The monoisotopic (exact) mass is 554 g/mol. The van der Waals surface area contributed by atoms with Crippen molar-refractivity contribution < 1.29 is 19.5 Å². The van der Waals surface area contributed by atoms with Gasteiger partial charge in [-0.2, -0.15) is 0 Å². The summed E-state index contributed by atoms with van der Waals surface area (Å²) in [6.07, 6.45) is 17.7. The summed E-state index contributed by atoms with van der Waals surface area (Å²) in [5, 5.41) is 15.5. The van der Waals surface area contributed by atoms with E-state index in [0.29, 0.717) is 29.7 Å². The summed E-state index contributed by atoms with van der Waals surface area (Å²) in [6.45, 7) is 10.1. The SMILES string of the molecule is C=C1OC(CCC)C/C=C/C(C)C/C=C/C(=N/OCC(=O)N2CCCCC2)Cc2c(Cl)c(O)cc(C3CC3)c21. The smallest absolute Gasteiger partial charge is 0.263 e. The van der Waals surface area contributed by atoms with Crippen LogP contribution >= 0.6 is 11.6 Å². The maximum absolute atomic E-state index is 12.6. The average Bonchev–Trinajstić information content (AvgIpc) is 3.76. The molecule has 2 atom stereocenters. The first-order valence-electron chi connectivity index (χ1n) is 14.6. The van der Waals surface area contributed by atoms with Crippen LogP contribution in [0.15, 0.2) is 42.1 Å². The van der Waals surface area contributed by atoms with Gasteiger partial charge in [0.15, 0.2) is 6.61 Å². The Morgan fingerprint density at radius 1 is 1.23 bits per heavy atom. The van der Waals surface area contributed by atoms with Gasteiger partial charge in [-0.1, -0.05) is 61.8 Å². The lowest BCUT2D eigenvalue weighted by atomic mass is 9.92. The Balaban J connectivity index is 1.67. The second-order valence-corrected chi connectivity index (χ2v) is 11.5. The Bertz CT molecular complexity index is 1120. The number of oxime groups is 1.